The monoisotopic (exact) mass is 414 g/mol. The van der Waals surface area contributed by atoms with Gasteiger partial charge in [0.25, 0.3) is 5.56 Å². The normalized spacial score (nSPS) is 22.5. The molecule has 0 radical (unpaired) electrons. The van der Waals surface area contributed by atoms with Crippen molar-refractivity contribution in [3.8, 4) is 11.5 Å². The number of benzene rings is 2. The van der Waals surface area contributed by atoms with Crippen molar-refractivity contribution >= 4 is 17.4 Å². The van der Waals surface area contributed by atoms with E-state index in [1.54, 1.807) is 22.8 Å². The Morgan fingerprint density at radius 3 is 2.79 bits per heavy atom. The molecular formula is C21H16F2N2O3S. The van der Waals surface area contributed by atoms with Crippen molar-refractivity contribution in [2.75, 3.05) is 0 Å². The van der Waals surface area contributed by atoms with E-state index in [4.69, 9.17) is 9.73 Å². The van der Waals surface area contributed by atoms with Crippen molar-refractivity contribution in [3.05, 3.63) is 79.3 Å². The second-order valence-electron chi connectivity index (χ2n) is 7.16. The van der Waals surface area contributed by atoms with Crippen molar-refractivity contribution in [1.29, 1.82) is 0 Å². The Balaban J connectivity index is 1.61. The molecule has 2 aliphatic rings. The van der Waals surface area contributed by atoms with Gasteiger partial charge < -0.3 is 9.47 Å². The number of hydrogen-bond donors (Lipinski definition) is 0. The first-order valence-electron chi connectivity index (χ1n) is 9.08. The van der Waals surface area contributed by atoms with Gasteiger partial charge in [-0.15, -0.1) is 0 Å². The van der Waals surface area contributed by atoms with Crippen LogP contribution in [-0.4, -0.2) is 16.9 Å². The first kappa shape index (κ1) is 18.1. The molecule has 3 aromatic rings. The summed E-state index contributed by atoms with van der Waals surface area (Å²) < 4.78 is 37.3. The molecule has 0 N–H and O–H groups in total. The lowest BCUT2D eigenvalue weighted by Crippen LogP contribution is -2.49. The highest BCUT2D eigenvalue weighted by Crippen LogP contribution is 2.42. The lowest BCUT2D eigenvalue weighted by Gasteiger charge is -2.39. The third-order valence-electron chi connectivity index (χ3n) is 5.06. The molecule has 0 saturated carbocycles. The minimum atomic E-state index is -2.87. The van der Waals surface area contributed by atoms with Crippen LogP contribution in [0.3, 0.4) is 0 Å². The van der Waals surface area contributed by atoms with Crippen LogP contribution in [0.2, 0.25) is 0 Å². The number of alkyl halides is 2. The van der Waals surface area contributed by atoms with Gasteiger partial charge in [-0.2, -0.15) is 8.78 Å². The summed E-state index contributed by atoms with van der Waals surface area (Å²) in [5.41, 5.74) is 0.863. The number of thiazole rings is 1. The zero-order valence-corrected chi connectivity index (χ0v) is 16.2. The molecule has 2 unspecified atom stereocenters. The molecule has 0 aliphatic carbocycles. The van der Waals surface area contributed by atoms with Gasteiger partial charge in [0.15, 0.2) is 4.80 Å². The molecule has 148 valence electrons. The third kappa shape index (κ3) is 3.13. The first-order valence-corrected chi connectivity index (χ1v) is 9.89. The van der Waals surface area contributed by atoms with E-state index in [2.05, 4.69) is 4.74 Å². The Kier molecular flexibility index (Phi) is 4.06. The minimum Gasteiger partial charge on any atom is -0.466 e. The fourth-order valence-corrected chi connectivity index (χ4v) is 4.96. The Morgan fingerprint density at radius 2 is 2.03 bits per heavy atom. The van der Waals surface area contributed by atoms with Gasteiger partial charge in [0.2, 0.25) is 5.72 Å². The molecule has 0 saturated heterocycles. The zero-order chi connectivity index (χ0) is 20.2. The zero-order valence-electron chi connectivity index (χ0n) is 15.3. The number of nitrogens with zero attached hydrogens (tertiary/aromatic N) is 2. The van der Waals surface area contributed by atoms with Gasteiger partial charge in [-0.25, -0.2) is 4.99 Å². The number of ether oxygens (including phenoxy) is 2. The topological polar surface area (TPSA) is 52.8 Å². The van der Waals surface area contributed by atoms with Gasteiger partial charge in [-0.3, -0.25) is 9.36 Å². The maximum Gasteiger partial charge on any atom is 0.387 e. The van der Waals surface area contributed by atoms with Crippen LogP contribution in [0.5, 0.6) is 11.5 Å². The summed E-state index contributed by atoms with van der Waals surface area (Å²) in [5, 5.41) is 0. The van der Waals surface area contributed by atoms with E-state index in [1.165, 1.54) is 23.5 Å². The Bertz CT molecular complexity index is 1270. The van der Waals surface area contributed by atoms with Crippen LogP contribution in [0.25, 0.3) is 6.08 Å². The number of fused-ring (bicyclic) bond motifs is 6. The van der Waals surface area contributed by atoms with Gasteiger partial charge in [0, 0.05) is 12.0 Å². The van der Waals surface area contributed by atoms with E-state index in [-0.39, 0.29) is 17.4 Å². The fraction of sp³-hybridized carbons (Fsp3) is 0.238. The summed E-state index contributed by atoms with van der Waals surface area (Å²) in [6, 6.07) is 13.7. The van der Waals surface area contributed by atoms with E-state index in [0.717, 1.165) is 11.3 Å². The number of rotatable bonds is 3. The molecular weight excluding hydrogens is 398 g/mol. The fourth-order valence-electron chi connectivity index (χ4n) is 3.83. The van der Waals surface area contributed by atoms with Crippen molar-refractivity contribution in [2.45, 2.75) is 31.7 Å². The molecule has 5 nitrogen and oxygen atoms in total. The van der Waals surface area contributed by atoms with E-state index < -0.39 is 12.3 Å². The Morgan fingerprint density at radius 1 is 1.28 bits per heavy atom. The summed E-state index contributed by atoms with van der Waals surface area (Å²) in [7, 11) is 0. The molecule has 2 aliphatic heterocycles. The maximum atomic E-state index is 13.2. The van der Waals surface area contributed by atoms with Gasteiger partial charge in [-0.05, 0) is 36.8 Å². The average molecular weight is 414 g/mol. The number of hydrogen-bond acceptors (Lipinski definition) is 5. The van der Waals surface area contributed by atoms with Gasteiger partial charge >= 0.3 is 6.61 Å². The molecule has 3 heterocycles. The van der Waals surface area contributed by atoms with Crippen LogP contribution in [0, 0.1) is 0 Å². The number of aromatic nitrogens is 1. The van der Waals surface area contributed by atoms with Gasteiger partial charge in [0.1, 0.15) is 11.5 Å². The summed E-state index contributed by atoms with van der Waals surface area (Å²) in [4.78, 5) is 18.5. The van der Waals surface area contributed by atoms with Crippen molar-refractivity contribution < 1.29 is 18.3 Å². The first-order chi connectivity index (χ1) is 13.9. The number of halogens is 2. The van der Waals surface area contributed by atoms with Crippen LogP contribution < -0.4 is 24.4 Å². The highest BCUT2D eigenvalue weighted by atomic mass is 32.1. The average Bonchev–Trinajstić information content (AvgIpc) is 2.97. The summed E-state index contributed by atoms with van der Waals surface area (Å²) in [6.07, 6.45) is 2.33. The summed E-state index contributed by atoms with van der Waals surface area (Å²) >= 11 is 1.30. The van der Waals surface area contributed by atoms with Crippen molar-refractivity contribution in [3.63, 3.8) is 0 Å². The van der Waals surface area contributed by atoms with E-state index >= 15 is 0 Å². The highest BCUT2D eigenvalue weighted by molar-refractivity contribution is 7.07. The molecule has 5 rings (SSSR count). The molecule has 2 atom stereocenters. The largest absolute Gasteiger partial charge is 0.466 e. The van der Waals surface area contributed by atoms with Gasteiger partial charge in [-0.1, -0.05) is 41.7 Å². The predicted molar refractivity (Wildman–Crippen MR) is 104 cm³/mol. The summed E-state index contributed by atoms with van der Waals surface area (Å²) in [5.74, 6) is 0.823. The number of para-hydroxylation sites is 1. The highest BCUT2D eigenvalue weighted by Gasteiger charge is 2.42. The molecule has 29 heavy (non-hydrogen) atoms. The molecule has 0 spiro atoms. The van der Waals surface area contributed by atoms with E-state index in [9.17, 15) is 13.6 Å². The lowest BCUT2D eigenvalue weighted by molar-refractivity contribution is -0.0498. The molecule has 0 fully saturated rings. The molecule has 2 bridgehead atoms. The van der Waals surface area contributed by atoms with E-state index in [0.29, 0.717) is 21.3 Å². The van der Waals surface area contributed by atoms with Crippen molar-refractivity contribution in [1.82, 2.24) is 4.57 Å². The minimum absolute atomic E-state index is 0.0739. The second-order valence-corrected chi connectivity index (χ2v) is 8.17. The Hall–Kier alpha value is -3.00. The molecule has 8 heteroatoms. The molecule has 0 amide bonds. The van der Waals surface area contributed by atoms with Crippen LogP contribution in [0.1, 0.15) is 30.5 Å². The predicted octanol–water partition coefficient (Wildman–Crippen LogP) is 3.06. The SMILES string of the molecule is CC12CC(c3ccccc3O1)n1c(sc(=Cc3ccc(OC(F)F)cc3)c1=O)=N2. The van der Waals surface area contributed by atoms with Crippen LogP contribution in [-0.2, 0) is 0 Å². The quantitative estimate of drug-likeness (QED) is 0.662. The lowest BCUT2D eigenvalue weighted by atomic mass is 9.93. The summed E-state index contributed by atoms with van der Waals surface area (Å²) in [6.45, 7) is -0.944. The van der Waals surface area contributed by atoms with Crippen LogP contribution in [0.15, 0.2) is 58.3 Å². The Labute approximate surface area is 168 Å². The third-order valence-corrected chi connectivity index (χ3v) is 6.05. The van der Waals surface area contributed by atoms with Crippen LogP contribution in [0.4, 0.5) is 8.78 Å². The second kappa shape index (κ2) is 6.52. The smallest absolute Gasteiger partial charge is 0.387 e. The van der Waals surface area contributed by atoms with Crippen molar-refractivity contribution in [2.24, 2.45) is 4.99 Å². The molecule has 2 aromatic carbocycles. The van der Waals surface area contributed by atoms with Gasteiger partial charge in [0.05, 0.1) is 10.6 Å². The van der Waals surface area contributed by atoms with E-state index in [1.807, 2.05) is 31.2 Å². The standard InChI is InChI=1S/C21H16F2N2O3S/c1-21-11-15(14-4-2-3-5-16(14)28-21)25-18(26)17(29-20(25)24-21)10-12-6-8-13(9-7-12)27-19(22)23/h2-10,15,19H,11H2,1H3. The maximum absolute atomic E-state index is 13.2. The molecule has 1 aromatic heterocycles. The van der Waals surface area contributed by atoms with Crippen LogP contribution >= 0.6 is 11.3 Å².